The van der Waals surface area contributed by atoms with Crippen LogP contribution in [0.1, 0.15) is 85.0 Å². The minimum Gasteiger partial charge on any atom is -0.299 e. The first kappa shape index (κ1) is 14.7. The van der Waals surface area contributed by atoms with Gasteiger partial charge >= 0.3 is 0 Å². The molecule has 0 radical (unpaired) electrons. The van der Waals surface area contributed by atoms with Crippen molar-refractivity contribution in [2.75, 3.05) is 0 Å². The lowest BCUT2D eigenvalue weighted by molar-refractivity contribution is -0.134. The molecule has 0 aromatic heterocycles. The van der Waals surface area contributed by atoms with E-state index >= 15 is 0 Å². The molecule has 1 aliphatic carbocycles. The second-order valence-electron chi connectivity index (χ2n) is 6.15. The summed E-state index contributed by atoms with van der Waals surface area (Å²) in [4.78, 5) is 12.1. The Morgan fingerprint density at radius 2 is 1.82 bits per heavy atom. The van der Waals surface area contributed by atoms with Gasteiger partial charge in [-0.3, -0.25) is 4.79 Å². The van der Waals surface area contributed by atoms with Crippen LogP contribution in [-0.4, -0.2) is 5.78 Å². The Morgan fingerprint density at radius 3 is 2.47 bits per heavy atom. The smallest absolute Gasteiger partial charge is 0.139 e. The van der Waals surface area contributed by atoms with Gasteiger partial charge in [-0.1, -0.05) is 59.3 Å². The quantitative estimate of drug-likeness (QED) is 0.562. The van der Waals surface area contributed by atoms with E-state index in [2.05, 4.69) is 20.8 Å². The molecule has 17 heavy (non-hydrogen) atoms. The lowest BCUT2D eigenvalue weighted by Crippen LogP contribution is -2.37. The Bertz CT molecular complexity index is 234. The average Bonchev–Trinajstić information content (AvgIpc) is 2.31. The van der Waals surface area contributed by atoms with Crippen molar-refractivity contribution < 1.29 is 4.79 Å². The highest BCUT2D eigenvalue weighted by atomic mass is 16.1. The topological polar surface area (TPSA) is 17.1 Å². The highest BCUT2D eigenvalue weighted by Crippen LogP contribution is 2.42. The third-order valence-corrected chi connectivity index (χ3v) is 4.82. The van der Waals surface area contributed by atoms with Crippen LogP contribution >= 0.6 is 0 Å². The van der Waals surface area contributed by atoms with Crippen molar-refractivity contribution in [1.82, 2.24) is 0 Å². The maximum absolute atomic E-state index is 12.1. The van der Waals surface area contributed by atoms with E-state index < -0.39 is 0 Å². The van der Waals surface area contributed by atoms with Gasteiger partial charge in [-0.25, -0.2) is 0 Å². The first-order valence-corrected chi connectivity index (χ1v) is 7.64. The van der Waals surface area contributed by atoms with Crippen LogP contribution in [0.15, 0.2) is 0 Å². The van der Waals surface area contributed by atoms with Crippen LogP contribution < -0.4 is 0 Å². The van der Waals surface area contributed by atoms with E-state index in [1.807, 2.05) is 0 Å². The van der Waals surface area contributed by atoms with Gasteiger partial charge in [0.2, 0.25) is 0 Å². The van der Waals surface area contributed by atoms with Gasteiger partial charge in [0.05, 0.1) is 0 Å². The molecular formula is C16H30O. The van der Waals surface area contributed by atoms with Crippen LogP contribution in [0.3, 0.4) is 0 Å². The Labute approximate surface area is 107 Å². The minimum absolute atomic E-state index is 0.00298. The van der Waals surface area contributed by atoms with E-state index in [1.165, 1.54) is 44.9 Å². The van der Waals surface area contributed by atoms with Crippen molar-refractivity contribution >= 4 is 5.78 Å². The van der Waals surface area contributed by atoms with E-state index in [9.17, 15) is 4.79 Å². The minimum atomic E-state index is 0.00298. The van der Waals surface area contributed by atoms with Gasteiger partial charge in [0.1, 0.15) is 5.78 Å². The maximum Gasteiger partial charge on any atom is 0.139 e. The number of Topliss-reactive ketones (excluding diaryl/α,β-unsaturated/α-hetero) is 1. The van der Waals surface area contributed by atoms with E-state index in [1.54, 1.807) is 0 Å². The standard InChI is InChI=1S/C16H30O/c1-4-5-6-7-8-9-13-16(3)14(2)11-10-12-15(16)17/h14H,4-13H2,1-3H3. The second-order valence-corrected chi connectivity index (χ2v) is 6.15. The van der Waals surface area contributed by atoms with E-state index in [0.717, 1.165) is 19.3 Å². The maximum atomic E-state index is 12.1. The van der Waals surface area contributed by atoms with E-state index in [0.29, 0.717) is 11.7 Å². The van der Waals surface area contributed by atoms with Crippen molar-refractivity contribution in [3.05, 3.63) is 0 Å². The van der Waals surface area contributed by atoms with Crippen LogP contribution in [-0.2, 0) is 4.79 Å². The van der Waals surface area contributed by atoms with Crippen LogP contribution in [0.4, 0.5) is 0 Å². The van der Waals surface area contributed by atoms with Gasteiger partial charge in [-0.2, -0.15) is 0 Å². The molecule has 0 aromatic rings. The zero-order valence-electron chi connectivity index (χ0n) is 12.1. The predicted octanol–water partition coefficient (Wildman–Crippen LogP) is 5.13. The van der Waals surface area contributed by atoms with Crippen LogP contribution in [0.25, 0.3) is 0 Å². The molecule has 1 fully saturated rings. The summed E-state index contributed by atoms with van der Waals surface area (Å²) < 4.78 is 0. The molecule has 1 saturated carbocycles. The molecule has 0 aliphatic heterocycles. The Balaban J connectivity index is 2.25. The number of ketones is 1. The highest BCUT2D eigenvalue weighted by molar-refractivity contribution is 5.85. The van der Waals surface area contributed by atoms with E-state index in [4.69, 9.17) is 0 Å². The number of hydrogen-bond donors (Lipinski definition) is 0. The molecule has 1 rings (SSSR count). The molecule has 0 bridgehead atoms. The summed E-state index contributed by atoms with van der Waals surface area (Å²) in [6, 6.07) is 0. The third kappa shape index (κ3) is 4.12. The molecule has 1 aliphatic rings. The van der Waals surface area contributed by atoms with E-state index in [-0.39, 0.29) is 5.41 Å². The van der Waals surface area contributed by atoms with Gasteiger partial charge in [0.15, 0.2) is 0 Å². The Morgan fingerprint density at radius 1 is 1.18 bits per heavy atom. The number of rotatable bonds is 7. The molecule has 0 heterocycles. The molecule has 0 N–H and O–H groups in total. The lowest BCUT2D eigenvalue weighted by Gasteiger charge is -2.38. The summed E-state index contributed by atoms with van der Waals surface area (Å²) in [5, 5.41) is 0. The molecule has 100 valence electrons. The SMILES string of the molecule is CCCCCCCCC1(C)C(=O)CCCC1C. The monoisotopic (exact) mass is 238 g/mol. The third-order valence-electron chi connectivity index (χ3n) is 4.82. The first-order valence-electron chi connectivity index (χ1n) is 7.64. The summed E-state index contributed by atoms with van der Waals surface area (Å²) in [5.41, 5.74) is 0.00298. The van der Waals surface area contributed by atoms with Gasteiger partial charge in [0.25, 0.3) is 0 Å². The summed E-state index contributed by atoms with van der Waals surface area (Å²) in [5.74, 6) is 1.13. The van der Waals surface area contributed by atoms with Crippen molar-refractivity contribution in [1.29, 1.82) is 0 Å². The molecule has 2 unspecified atom stereocenters. The molecule has 0 spiro atoms. The summed E-state index contributed by atoms with van der Waals surface area (Å²) in [6.07, 6.45) is 12.3. The molecule has 2 atom stereocenters. The summed E-state index contributed by atoms with van der Waals surface area (Å²) in [7, 11) is 0. The number of carbonyl (C=O) groups excluding carboxylic acids is 1. The van der Waals surface area contributed by atoms with Crippen LogP contribution in [0.2, 0.25) is 0 Å². The van der Waals surface area contributed by atoms with Crippen molar-refractivity contribution in [2.24, 2.45) is 11.3 Å². The fourth-order valence-corrected chi connectivity index (χ4v) is 3.11. The fourth-order valence-electron chi connectivity index (χ4n) is 3.11. The fraction of sp³-hybridized carbons (Fsp3) is 0.938. The molecule has 0 aromatic carbocycles. The van der Waals surface area contributed by atoms with Crippen molar-refractivity contribution in [3.8, 4) is 0 Å². The summed E-state index contributed by atoms with van der Waals surface area (Å²) >= 11 is 0. The Hall–Kier alpha value is -0.330. The predicted molar refractivity (Wildman–Crippen MR) is 74.1 cm³/mol. The van der Waals surface area contributed by atoms with Gasteiger partial charge in [0, 0.05) is 11.8 Å². The molecule has 0 amide bonds. The second kappa shape index (κ2) is 7.18. The molecule has 0 saturated heterocycles. The van der Waals surface area contributed by atoms with Crippen molar-refractivity contribution in [2.45, 2.75) is 85.0 Å². The normalized spacial score (nSPS) is 29.6. The number of hydrogen-bond acceptors (Lipinski definition) is 1. The number of unbranched alkanes of at least 4 members (excludes halogenated alkanes) is 5. The zero-order chi connectivity index (χ0) is 12.7. The largest absolute Gasteiger partial charge is 0.299 e. The first-order chi connectivity index (χ1) is 8.11. The molecule has 1 nitrogen and oxygen atoms in total. The molecule has 1 heteroatoms. The summed E-state index contributed by atoms with van der Waals surface area (Å²) in [6.45, 7) is 6.74. The van der Waals surface area contributed by atoms with Gasteiger partial charge in [-0.05, 0) is 25.2 Å². The van der Waals surface area contributed by atoms with Crippen molar-refractivity contribution in [3.63, 3.8) is 0 Å². The lowest BCUT2D eigenvalue weighted by atomic mass is 9.65. The Kier molecular flexibility index (Phi) is 6.22. The molecular weight excluding hydrogens is 208 g/mol. The van der Waals surface area contributed by atoms with Gasteiger partial charge < -0.3 is 0 Å². The average molecular weight is 238 g/mol. The zero-order valence-corrected chi connectivity index (χ0v) is 12.1. The van der Waals surface area contributed by atoms with Crippen LogP contribution in [0, 0.1) is 11.3 Å². The highest BCUT2D eigenvalue weighted by Gasteiger charge is 2.39. The van der Waals surface area contributed by atoms with Gasteiger partial charge in [-0.15, -0.1) is 0 Å². The number of carbonyl (C=O) groups is 1. The van der Waals surface area contributed by atoms with Crippen LogP contribution in [0.5, 0.6) is 0 Å².